The van der Waals surface area contributed by atoms with Crippen LogP contribution in [0.4, 0.5) is 0 Å². The third-order valence-electron chi connectivity index (χ3n) is 4.15. The van der Waals surface area contributed by atoms with Crippen molar-refractivity contribution in [3.05, 3.63) is 82.9 Å². The number of aryl methyl sites for hydroxylation is 1. The molecule has 27 heavy (non-hydrogen) atoms. The summed E-state index contributed by atoms with van der Waals surface area (Å²) in [6, 6.07) is 11.9. The molecule has 3 rings (SSSR count). The van der Waals surface area contributed by atoms with Crippen molar-refractivity contribution in [2.24, 2.45) is 7.05 Å². The van der Waals surface area contributed by atoms with Crippen molar-refractivity contribution in [1.29, 1.82) is 0 Å². The molecule has 0 aliphatic rings. The molecule has 1 amide bonds. The number of hydrogen-bond donors (Lipinski definition) is 2. The molecule has 0 saturated carbocycles. The number of nitrogens with zero attached hydrogens (tertiary/aromatic N) is 3. The molecule has 7 heteroatoms. The van der Waals surface area contributed by atoms with E-state index in [1.165, 1.54) is 19.2 Å². The quantitative estimate of drug-likeness (QED) is 0.649. The Morgan fingerprint density at radius 2 is 1.96 bits per heavy atom. The molecule has 0 aliphatic heterocycles. The zero-order valence-electron chi connectivity index (χ0n) is 15.1. The number of carbonyl (C=O) groups is 2. The molecule has 0 aliphatic carbocycles. The fourth-order valence-corrected chi connectivity index (χ4v) is 2.75. The van der Waals surface area contributed by atoms with Crippen LogP contribution in [-0.2, 0) is 13.5 Å². The highest BCUT2D eigenvalue weighted by atomic mass is 16.3. The summed E-state index contributed by atoms with van der Waals surface area (Å²) in [6.45, 7) is 0. The first-order chi connectivity index (χ1) is 13.0. The van der Waals surface area contributed by atoms with Crippen LogP contribution < -0.4 is 5.32 Å². The molecule has 0 bridgehead atoms. The Morgan fingerprint density at radius 3 is 2.59 bits per heavy atom. The van der Waals surface area contributed by atoms with Gasteiger partial charge in [0, 0.05) is 32.3 Å². The first kappa shape index (κ1) is 18.5. The van der Waals surface area contributed by atoms with Gasteiger partial charge in [-0.2, -0.15) is 5.10 Å². The Balaban J connectivity index is 1.97. The number of aliphatic hydroxyl groups is 1. The summed E-state index contributed by atoms with van der Waals surface area (Å²) in [4.78, 5) is 29.0. The lowest BCUT2D eigenvalue weighted by molar-refractivity contribution is 0.0957. The van der Waals surface area contributed by atoms with E-state index in [4.69, 9.17) is 0 Å². The number of amides is 1. The molecular formula is C20H20N4O3. The summed E-state index contributed by atoms with van der Waals surface area (Å²) in [6.07, 6.45) is 2.49. The van der Waals surface area contributed by atoms with Crippen LogP contribution in [0.25, 0.3) is 0 Å². The third-order valence-corrected chi connectivity index (χ3v) is 4.15. The molecule has 0 unspecified atom stereocenters. The number of rotatable bonds is 6. The van der Waals surface area contributed by atoms with Crippen LogP contribution in [-0.4, -0.2) is 38.6 Å². The van der Waals surface area contributed by atoms with Crippen LogP contribution in [0.2, 0.25) is 0 Å². The maximum atomic E-state index is 12.7. The van der Waals surface area contributed by atoms with Crippen LogP contribution in [0.3, 0.4) is 0 Å². The fourth-order valence-electron chi connectivity index (χ4n) is 2.75. The van der Waals surface area contributed by atoms with Crippen molar-refractivity contribution < 1.29 is 14.7 Å². The van der Waals surface area contributed by atoms with Gasteiger partial charge < -0.3 is 10.4 Å². The van der Waals surface area contributed by atoms with Crippen molar-refractivity contribution >= 4 is 11.7 Å². The Kier molecular flexibility index (Phi) is 5.42. The number of carbonyl (C=O) groups excluding carboxylic acids is 2. The average molecular weight is 364 g/mol. The molecule has 3 aromatic rings. The summed E-state index contributed by atoms with van der Waals surface area (Å²) in [5.41, 5.74) is 2.05. The number of aromatic nitrogens is 3. The van der Waals surface area contributed by atoms with Crippen LogP contribution in [0.1, 0.15) is 43.8 Å². The highest BCUT2D eigenvalue weighted by Crippen LogP contribution is 2.22. The number of aliphatic hydroxyl groups excluding tert-OH is 1. The van der Waals surface area contributed by atoms with Crippen molar-refractivity contribution in [3.63, 3.8) is 0 Å². The number of ketones is 1. The molecule has 0 spiro atoms. The van der Waals surface area contributed by atoms with Crippen LogP contribution in [0.15, 0.2) is 54.9 Å². The summed E-state index contributed by atoms with van der Waals surface area (Å²) < 4.78 is 1.62. The molecule has 7 nitrogen and oxygen atoms in total. The Hall–Kier alpha value is -3.32. The number of Topliss-reactive ketones (excluding diaryl/α,β-unsaturated/α-hetero) is 1. The molecule has 1 aromatic carbocycles. The SMILES string of the molecule is CNC(=O)c1cc(C(=O)Cc2cnn(C)c2)cc([C@H](O)c2ccccc2)n1. The van der Waals surface area contributed by atoms with Gasteiger partial charge in [-0.1, -0.05) is 30.3 Å². The van der Waals surface area contributed by atoms with E-state index in [2.05, 4.69) is 15.4 Å². The van der Waals surface area contributed by atoms with Crippen LogP contribution in [0.5, 0.6) is 0 Å². The van der Waals surface area contributed by atoms with E-state index in [0.717, 1.165) is 5.56 Å². The predicted molar refractivity (Wildman–Crippen MR) is 99.4 cm³/mol. The van der Waals surface area contributed by atoms with Crippen LogP contribution >= 0.6 is 0 Å². The third kappa shape index (κ3) is 4.27. The zero-order chi connectivity index (χ0) is 19.4. The molecule has 138 valence electrons. The fraction of sp³-hybridized carbons (Fsp3) is 0.200. The lowest BCUT2D eigenvalue weighted by Crippen LogP contribution is -2.21. The molecule has 2 N–H and O–H groups in total. The van der Waals surface area contributed by atoms with Gasteiger partial charge in [-0.15, -0.1) is 0 Å². The van der Waals surface area contributed by atoms with Crippen molar-refractivity contribution in [2.45, 2.75) is 12.5 Å². The van der Waals surface area contributed by atoms with E-state index in [0.29, 0.717) is 11.1 Å². The van der Waals surface area contributed by atoms with Gasteiger partial charge in [0.1, 0.15) is 11.8 Å². The van der Waals surface area contributed by atoms with E-state index in [1.54, 1.807) is 48.4 Å². The average Bonchev–Trinajstić information content (AvgIpc) is 3.11. The minimum Gasteiger partial charge on any atom is -0.382 e. The molecule has 1 atom stereocenters. The van der Waals surface area contributed by atoms with Gasteiger partial charge in [-0.25, -0.2) is 4.98 Å². The van der Waals surface area contributed by atoms with Gasteiger partial charge in [0.05, 0.1) is 11.9 Å². The highest BCUT2D eigenvalue weighted by Gasteiger charge is 2.19. The largest absolute Gasteiger partial charge is 0.382 e. The molecular weight excluding hydrogens is 344 g/mol. The van der Waals surface area contributed by atoms with E-state index >= 15 is 0 Å². The zero-order valence-corrected chi connectivity index (χ0v) is 15.1. The second-order valence-corrected chi connectivity index (χ2v) is 6.18. The topological polar surface area (TPSA) is 97.1 Å². The van der Waals surface area contributed by atoms with Gasteiger partial charge in [-0.05, 0) is 23.3 Å². The number of benzene rings is 1. The molecule has 2 aromatic heterocycles. The Labute approximate surface area is 156 Å². The van der Waals surface area contributed by atoms with E-state index in [9.17, 15) is 14.7 Å². The maximum absolute atomic E-state index is 12.7. The second kappa shape index (κ2) is 7.92. The highest BCUT2D eigenvalue weighted by molar-refractivity contribution is 6.00. The normalized spacial score (nSPS) is 11.8. The summed E-state index contributed by atoms with van der Waals surface area (Å²) in [5, 5.41) is 17.2. The van der Waals surface area contributed by atoms with E-state index in [-0.39, 0.29) is 23.6 Å². The van der Waals surface area contributed by atoms with Gasteiger partial charge in [-0.3, -0.25) is 14.3 Å². The van der Waals surface area contributed by atoms with Crippen LogP contribution in [0, 0.1) is 0 Å². The summed E-state index contributed by atoms with van der Waals surface area (Å²) >= 11 is 0. The van der Waals surface area contributed by atoms with Crippen molar-refractivity contribution in [2.75, 3.05) is 7.05 Å². The molecule has 2 heterocycles. The Bertz CT molecular complexity index is 966. The van der Waals surface area contributed by atoms with Gasteiger partial charge in [0.25, 0.3) is 5.91 Å². The predicted octanol–water partition coefficient (Wildman–Crippen LogP) is 1.68. The maximum Gasteiger partial charge on any atom is 0.269 e. The summed E-state index contributed by atoms with van der Waals surface area (Å²) in [5.74, 6) is -0.607. The lowest BCUT2D eigenvalue weighted by Gasteiger charge is -2.13. The minimum absolute atomic E-state index is 0.0829. The summed E-state index contributed by atoms with van der Waals surface area (Å²) in [7, 11) is 3.26. The first-order valence-electron chi connectivity index (χ1n) is 8.45. The molecule has 0 fully saturated rings. The standard InChI is InChI=1S/C20H20N4O3/c1-21-20(27)17-10-15(18(25)8-13-11-22-24(2)12-13)9-16(23-17)19(26)14-6-4-3-5-7-14/h3-7,9-12,19,26H,8H2,1-2H3,(H,21,27)/t19-/m1/s1. The Morgan fingerprint density at radius 1 is 1.22 bits per heavy atom. The monoisotopic (exact) mass is 364 g/mol. The number of pyridine rings is 1. The molecule has 0 radical (unpaired) electrons. The van der Waals surface area contributed by atoms with Gasteiger partial charge in [0.2, 0.25) is 0 Å². The lowest BCUT2D eigenvalue weighted by atomic mass is 10.00. The van der Waals surface area contributed by atoms with E-state index < -0.39 is 12.0 Å². The van der Waals surface area contributed by atoms with Crippen molar-refractivity contribution in [3.8, 4) is 0 Å². The van der Waals surface area contributed by atoms with Crippen molar-refractivity contribution in [1.82, 2.24) is 20.1 Å². The smallest absolute Gasteiger partial charge is 0.269 e. The molecule has 0 saturated heterocycles. The van der Waals surface area contributed by atoms with E-state index in [1.807, 2.05) is 6.07 Å². The van der Waals surface area contributed by atoms with Gasteiger partial charge in [0.15, 0.2) is 5.78 Å². The number of hydrogen-bond acceptors (Lipinski definition) is 5. The number of nitrogens with one attached hydrogen (secondary N) is 1. The minimum atomic E-state index is -1.04. The second-order valence-electron chi connectivity index (χ2n) is 6.18. The van der Waals surface area contributed by atoms with Gasteiger partial charge >= 0.3 is 0 Å². The first-order valence-corrected chi connectivity index (χ1v) is 8.45.